The summed E-state index contributed by atoms with van der Waals surface area (Å²) >= 11 is 0. The zero-order valence-corrected chi connectivity index (χ0v) is 15.5. The molecule has 5 rings (SSSR count). The minimum atomic E-state index is -0.116. The van der Waals surface area contributed by atoms with E-state index in [1.54, 1.807) is 12.3 Å². The van der Waals surface area contributed by atoms with Crippen molar-refractivity contribution in [3.8, 4) is 11.3 Å². The summed E-state index contributed by atoms with van der Waals surface area (Å²) in [5.41, 5.74) is 2.82. The third kappa shape index (κ3) is 3.09. The van der Waals surface area contributed by atoms with Gasteiger partial charge < -0.3 is 19.5 Å². The Morgan fingerprint density at radius 3 is 2.79 bits per heavy atom. The molecule has 2 aromatic rings. The first kappa shape index (κ1) is 17.1. The van der Waals surface area contributed by atoms with Gasteiger partial charge in [-0.15, -0.1) is 0 Å². The monoisotopic (exact) mass is 378 g/mol. The van der Waals surface area contributed by atoms with Gasteiger partial charge in [-0.05, 0) is 18.6 Å². The molecular formula is C20H22N6O2. The summed E-state index contributed by atoms with van der Waals surface area (Å²) in [6.07, 6.45) is 8.64. The van der Waals surface area contributed by atoms with E-state index in [-0.39, 0.29) is 11.6 Å². The van der Waals surface area contributed by atoms with Crippen LogP contribution in [0.5, 0.6) is 0 Å². The van der Waals surface area contributed by atoms with Crippen LogP contribution < -0.4 is 15.4 Å². The third-order valence-corrected chi connectivity index (χ3v) is 5.42. The molecule has 0 spiro atoms. The van der Waals surface area contributed by atoms with Crippen molar-refractivity contribution < 1.29 is 4.74 Å². The van der Waals surface area contributed by atoms with Crippen LogP contribution in [-0.2, 0) is 11.2 Å². The number of allylic oxidation sites excluding steroid dienone is 1. The summed E-state index contributed by atoms with van der Waals surface area (Å²) in [6.45, 7) is 4.53. The van der Waals surface area contributed by atoms with Crippen LogP contribution in [0.1, 0.15) is 5.56 Å². The normalized spacial score (nSPS) is 21.2. The molecule has 8 nitrogen and oxygen atoms in total. The molecule has 0 aromatic carbocycles. The van der Waals surface area contributed by atoms with Crippen molar-refractivity contribution in [1.29, 1.82) is 0 Å². The van der Waals surface area contributed by atoms with E-state index in [2.05, 4.69) is 25.9 Å². The molecule has 1 fully saturated rings. The van der Waals surface area contributed by atoms with E-state index in [1.165, 1.54) is 0 Å². The zero-order valence-electron chi connectivity index (χ0n) is 15.5. The number of H-pyrrole nitrogens is 1. The van der Waals surface area contributed by atoms with Gasteiger partial charge in [0.15, 0.2) is 0 Å². The molecule has 1 atom stereocenters. The van der Waals surface area contributed by atoms with Gasteiger partial charge in [-0.25, -0.2) is 4.98 Å². The van der Waals surface area contributed by atoms with Crippen LogP contribution in [0.2, 0.25) is 0 Å². The molecule has 8 heteroatoms. The predicted molar refractivity (Wildman–Crippen MR) is 108 cm³/mol. The lowest BCUT2D eigenvalue weighted by molar-refractivity contribution is 0.122. The van der Waals surface area contributed by atoms with Gasteiger partial charge >= 0.3 is 0 Å². The molecular weight excluding hydrogens is 356 g/mol. The van der Waals surface area contributed by atoms with Crippen LogP contribution in [-0.4, -0.2) is 66.6 Å². The van der Waals surface area contributed by atoms with E-state index in [0.717, 1.165) is 61.2 Å². The highest BCUT2D eigenvalue weighted by molar-refractivity contribution is 5.75. The van der Waals surface area contributed by atoms with Gasteiger partial charge in [-0.3, -0.25) is 9.79 Å². The topological polar surface area (TPSA) is 86.7 Å². The maximum absolute atomic E-state index is 11.5. The van der Waals surface area contributed by atoms with E-state index in [4.69, 9.17) is 14.7 Å². The average Bonchev–Trinajstić information content (AvgIpc) is 3.19. The average molecular weight is 378 g/mol. The van der Waals surface area contributed by atoms with Gasteiger partial charge in [-0.2, -0.15) is 4.98 Å². The van der Waals surface area contributed by atoms with Gasteiger partial charge in [0.05, 0.1) is 31.5 Å². The molecule has 28 heavy (non-hydrogen) atoms. The fraction of sp³-hybridized carbons (Fsp3) is 0.400. The lowest BCUT2D eigenvalue weighted by atomic mass is 10.1. The molecule has 1 N–H and O–H groups in total. The first-order chi connectivity index (χ1) is 13.8. The van der Waals surface area contributed by atoms with Crippen LogP contribution in [0.4, 0.5) is 11.8 Å². The minimum absolute atomic E-state index is 0.116. The molecule has 0 bridgehead atoms. The van der Waals surface area contributed by atoms with Crippen LogP contribution in [0.3, 0.4) is 0 Å². The summed E-state index contributed by atoms with van der Waals surface area (Å²) in [7, 11) is 0. The number of ether oxygens (including phenoxy) is 1. The SMILES string of the molecule is O=c1ccc(-c2nc(N3CCOCC3)nc3c2CCN3C2C=CC=NC2)c[nH]1. The predicted octanol–water partition coefficient (Wildman–Crippen LogP) is 1.04. The standard InChI is InChI=1S/C20H22N6O2/c27-17-4-3-14(12-22-17)18-16-5-7-26(15-2-1-6-21-13-15)19(16)24-20(23-18)25-8-10-28-11-9-25/h1-4,6,12,15H,5,7-11,13H2,(H,22,27). The maximum atomic E-state index is 11.5. The molecule has 0 saturated carbocycles. The van der Waals surface area contributed by atoms with Gasteiger partial charge in [0.2, 0.25) is 11.5 Å². The van der Waals surface area contributed by atoms with E-state index in [1.807, 2.05) is 18.4 Å². The molecule has 3 aliphatic heterocycles. The van der Waals surface area contributed by atoms with Gasteiger partial charge in [0.25, 0.3) is 0 Å². The van der Waals surface area contributed by atoms with Crippen molar-refractivity contribution in [2.24, 2.45) is 4.99 Å². The largest absolute Gasteiger partial charge is 0.378 e. The highest BCUT2D eigenvalue weighted by atomic mass is 16.5. The first-order valence-electron chi connectivity index (χ1n) is 9.65. The number of nitrogens with zero attached hydrogens (tertiary/aromatic N) is 5. The highest BCUT2D eigenvalue weighted by Crippen LogP contribution is 2.36. The highest BCUT2D eigenvalue weighted by Gasteiger charge is 2.31. The van der Waals surface area contributed by atoms with Crippen molar-refractivity contribution in [3.63, 3.8) is 0 Å². The number of hydrogen-bond acceptors (Lipinski definition) is 7. The second-order valence-corrected chi connectivity index (χ2v) is 7.13. The second-order valence-electron chi connectivity index (χ2n) is 7.13. The zero-order chi connectivity index (χ0) is 18.9. The Morgan fingerprint density at radius 1 is 1.14 bits per heavy atom. The third-order valence-electron chi connectivity index (χ3n) is 5.42. The summed E-state index contributed by atoms with van der Waals surface area (Å²) in [6, 6.07) is 3.59. The number of aromatic amines is 1. The van der Waals surface area contributed by atoms with E-state index in [9.17, 15) is 4.79 Å². The number of dihydropyridines is 1. The number of aliphatic imine (C=N–C) groups is 1. The molecule has 1 saturated heterocycles. The molecule has 1 unspecified atom stereocenters. The Kier molecular flexibility index (Phi) is 4.40. The summed E-state index contributed by atoms with van der Waals surface area (Å²) < 4.78 is 5.49. The molecule has 2 aromatic heterocycles. The fourth-order valence-corrected chi connectivity index (χ4v) is 3.96. The molecule has 0 aliphatic carbocycles. The van der Waals surface area contributed by atoms with Gasteiger partial charge in [0, 0.05) is 49.2 Å². The number of pyridine rings is 1. The quantitative estimate of drug-likeness (QED) is 0.859. The molecule has 5 heterocycles. The molecule has 0 radical (unpaired) electrons. The lowest BCUT2D eigenvalue weighted by Gasteiger charge is -2.30. The number of rotatable bonds is 3. The van der Waals surface area contributed by atoms with Gasteiger partial charge in [-0.1, -0.05) is 6.08 Å². The summed E-state index contributed by atoms with van der Waals surface area (Å²) in [5.74, 6) is 1.70. The van der Waals surface area contributed by atoms with Crippen LogP contribution in [0.25, 0.3) is 11.3 Å². The fourth-order valence-electron chi connectivity index (χ4n) is 3.96. The second kappa shape index (κ2) is 7.20. The number of morpholine rings is 1. The van der Waals surface area contributed by atoms with Crippen molar-refractivity contribution in [2.75, 3.05) is 49.2 Å². The van der Waals surface area contributed by atoms with E-state index in [0.29, 0.717) is 13.2 Å². The Balaban J connectivity index is 1.61. The minimum Gasteiger partial charge on any atom is -0.378 e. The number of nitrogens with one attached hydrogen (secondary N) is 1. The van der Waals surface area contributed by atoms with Gasteiger partial charge in [0.1, 0.15) is 5.82 Å². The molecule has 144 valence electrons. The van der Waals surface area contributed by atoms with Crippen LogP contribution >= 0.6 is 0 Å². The molecule has 3 aliphatic rings. The Labute approximate surface area is 162 Å². The Hall–Kier alpha value is -3.00. The lowest BCUT2D eigenvalue weighted by Crippen LogP contribution is -2.39. The number of hydrogen-bond donors (Lipinski definition) is 1. The number of aromatic nitrogens is 3. The summed E-state index contributed by atoms with van der Waals surface area (Å²) in [5, 5.41) is 0. The van der Waals surface area contributed by atoms with E-state index < -0.39 is 0 Å². The van der Waals surface area contributed by atoms with Crippen LogP contribution in [0, 0.1) is 0 Å². The molecule has 0 amide bonds. The maximum Gasteiger partial charge on any atom is 0.247 e. The Morgan fingerprint density at radius 2 is 2.04 bits per heavy atom. The number of fused-ring (bicyclic) bond motifs is 1. The van der Waals surface area contributed by atoms with Crippen molar-refractivity contribution in [3.05, 3.63) is 46.4 Å². The Bertz CT molecular complexity index is 972. The van der Waals surface area contributed by atoms with Crippen molar-refractivity contribution in [2.45, 2.75) is 12.5 Å². The first-order valence-corrected chi connectivity index (χ1v) is 9.65. The number of anilines is 2. The van der Waals surface area contributed by atoms with E-state index >= 15 is 0 Å². The van der Waals surface area contributed by atoms with Crippen molar-refractivity contribution >= 4 is 18.0 Å². The van der Waals surface area contributed by atoms with Crippen LogP contribution in [0.15, 0.2) is 40.3 Å². The smallest absolute Gasteiger partial charge is 0.247 e. The summed E-state index contributed by atoms with van der Waals surface area (Å²) in [4.78, 5) is 33.1. The van der Waals surface area contributed by atoms with Crippen molar-refractivity contribution in [1.82, 2.24) is 15.0 Å².